The molecule has 0 saturated heterocycles. The Morgan fingerprint density at radius 1 is 1.28 bits per heavy atom. The fourth-order valence-corrected chi connectivity index (χ4v) is 3.67. The molecule has 0 aliphatic carbocycles. The molecule has 0 N–H and O–H groups in total. The van der Waals surface area contributed by atoms with Gasteiger partial charge in [0.05, 0.1) is 28.7 Å². The number of ether oxygens (including phenoxy) is 1. The highest BCUT2D eigenvalue weighted by Crippen LogP contribution is 2.23. The molecule has 1 aromatic carbocycles. The number of hydrogen-bond donors (Lipinski definition) is 0. The number of benzene rings is 1. The summed E-state index contributed by atoms with van der Waals surface area (Å²) in [7, 11) is 0. The number of aromatic nitrogens is 1. The van der Waals surface area contributed by atoms with E-state index in [-0.39, 0.29) is 5.97 Å². The summed E-state index contributed by atoms with van der Waals surface area (Å²) in [6, 6.07) is 8.69. The standard InChI is InChI=1S/C18H18N2O4S/c1-3-13(17(22)24-4-2)20-14-7-5-6-8-15(14)25-18(20)19-16(21)12-9-10-23-11-12/h5-11,13H,3-4H2,1-2H3. The molecule has 2 aromatic heterocycles. The molecule has 0 aliphatic heterocycles. The van der Waals surface area contributed by atoms with Gasteiger partial charge in [0.25, 0.3) is 5.91 Å². The quantitative estimate of drug-likeness (QED) is 0.654. The molecule has 0 saturated carbocycles. The van der Waals surface area contributed by atoms with Crippen LogP contribution in [0.5, 0.6) is 0 Å². The number of nitrogens with zero attached hydrogens (tertiary/aromatic N) is 2. The number of thiazole rings is 1. The third-order valence-electron chi connectivity index (χ3n) is 3.75. The van der Waals surface area contributed by atoms with Gasteiger partial charge in [0.15, 0.2) is 4.80 Å². The molecule has 0 aliphatic rings. The molecule has 0 bridgehead atoms. The van der Waals surface area contributed by atoms with Gasteiger partial charge < -0.3 is 13.7 Å². The first-order chi connectivity index (χ1) is 12.2. The Balaban J connectivity index is 2.18. The molecule has 0 fully saturated rings. The van der Waals surface area contributed by atoms with Crippen LogP contribution in [0.2, 0.25) is 0 Å². The summed E-state index contributed by atoms with van der Waals surface area (Å²) in [5.41, 5.74) is 1.22. The summed E-state index contributed by atoms with van der Waals surface area (Å²) in [4.78, 5) is 29.5. The first-order valence-corrected chi connectivity index (χ1v) is 8.85. The summed E-state index contributed by atoms with van der Waals surface area (Å²) in [6.07, 6.45) is 3.31. The maximum absolute atomic E-state index is 12.4. The minimum atomic E-state index is -0.535. The van der Waals surface area contributed by atoms with Crippen molar-refractivity contribution in [1.82, 2.24) is 4.57 Å². The van der Waals surface area contributed by atoms with Crippen molar-refractivity contribution < 1.29 is 18.7 Å². The largest absolute Gasteiger partial charge is 0.472 e. The first kappa shape index (κ1) is 17.2. The number of rotatable bonds is 5. The van der Waals surface area contributed by atoms with Crippen LogP contribution >= 0.6 is 11.3 Å². The lowest BCUT2D eigenvalue weighted by atomic mass is 10.2. The average molecular weight is 358 g/mol. The van der Waals surface area contributed by atoms with E-state index < -0.39 is 11.9 Å². The number of carbonyl (C=O) groups is 2. The van der Waals surface area contributed by atoms with Crippen LogP contribution < -0.4 is 4.80 Å². The van der Waals surface area contributed by atoms with Crippen molar-refractivity contribution in [2.75, 3.05) is 6.61 Å². The third-order valence-corrected chi connectivity index (χ3v) is 4.79. The van der Waals surface area contributed by atoms with E-state index in [1.54, 1.807) is 17.6 Å². The van der Waals surface area contributed by atoms with E-state index in [2.05, 4.69) is 4.99 Å². The third kappa shape index (κ3) is 3.41. The Morgan fingerprint density at radius 2 is 2.08 bits per heavy atom. The van der Waals surface area contributed by atoms with Crippen LogP contribution in [0.25, 0.3) is 10.2 Å². The molecule has 130 valence electrons. The van der Waals surface area contributed by atoms with Crippen LogP contribution in [0.15, 0.2) is 52.3 Å². The number of carbonyl (C=O) groups excluding carboxylic acids is 2. The predicted molar refractivity (Wildman–Crippen MR) is 94.4 cm³/mol. The van der Waals surface area contributed by atoms with Crippen molar-refractivity contribution >= 4 is 33.4 Å². The minimum absolute atomic E-state index is 0.304. The molecule has 2 heterocycles. The lowest BCUT2D eigenvalue weighted by Crippen LogP contribution is -2.29. The lowest BCUT2D eigenvalue weighted by Gasteiger charge is -2.16. The highest BCUT2D eigenvalue weighted by molar-refractivity contribution is 7.16. The summed E-state index contributed by atoms with van der Waals surface area (Å²) in [5.74, 6) is -0.737. The van der Waals surface area contributed by atoms with Crippen LogP contribution in [0, 0.1) is 0 Å². The average Bonchev–Trinajstić information content (AvgIpc) is 3.25. The molecule has 7 heteroatoms. The summed E-state index contributed by atoms with van der Waals surface area (Å²) in [6.45, 7) is 3.98. The van der Waals surface area contributed by atoms with Crippen molar-refractivity contribution in [3.8, 4) is 0 Å². The molecule has 3 rings (SSSR count). The van der Waals surface area contributed by atoms with E-state index in [1.165, 1.54) is 23.9 Å². The molecule has 0 radical (unpaired) electrons. The summed E-state index contributed by atoms with van der Waals surface area (Å²) < 4.78 is 12.9. The highest BCUT2D eigenvalue weighted by atomic mass is 32.1. The van der Waals surface area contributed by atoms with Gasteiger partial charge in [-0.15, -0.1) is 0 Å². The minimum Gasteiger partial charge on any atom is -0.472 e. The number of esters is 1. The maximum atomic E-state index is 12.4. The lowest BCUT2D eigenvalue weighted by molar-refractivity contribution is -0.147. The van der Waals surface area contributed by atoms with Crippen LogP contribution in [-0.2, 0) is 9.53 Å². The number of fused-ring (bicyclic) bond motifs is 1. The molecular weight excluding hydrogens is 340 g/mol. The van der Waals surface area contributed by atoms with Crippen molar-refractivity contribution in [3.63, 3.8) is 0 Å². The Hall–Kier alpha value is -2.67. The van der Waals surface area contributed by atoms with Crippen LogP contribution in [-0.4, -0.2) is 23.1 Å². The maximum Gasteiger partial charge on any atom is 0.329 e. The van der Waals surface area contributed by atoms with Crippen molar-refractivity contribution in [2.45, 2.75) is 26.3 Å². The zero-order chi connectivity index (χ0) is 17.8. The number of para-hydroxylation sites is 1. The normalized spacial score (nSPS) is 13.1. The molecule has 25 heavy (non-hydrogen) atoms. The second-order valence-electron chi connectivity index (χ2n) is 5.33. The van der Waals surface area contributed by atoms with Crippen LogP contribution in [0.3, 0.4) is 0 Å². The smallest absolute Gasteiger partial charge is 0.329 e. The summed E-state index contributed by atoms with van der Waals surface area (Å²) in [5, 5.41) is 0. The molecule has 0 spiro atoms. The topological polar surface area (TPSA) is 73.8 Å². The van der Waals surface area contributed by atoms with E-state index in [1.807, 2.05) is 31.2 Å². The van der Waals surface area contributed by atoms with E-state index >= 15 is 0 Å². The molecule has 1 amide bonds. The zero-order valence-corrected chi connectivity index (χ0v) is 14.8. The Labute approximate surface area is 148 Å². The van der Waals surface area contributed by atoms with Crippen molar-refractivity contribution in [3.05, 3.63) is 53.2 Å². The van der Waals surface area contributed by atoms with Gasteiger partial charge >= 0.3 is 5.97 Å². The van der Waals surface area contributed by atoms with Gasteiger partial charge in [-0.25, -0.2) is 4.79 Å². The van der Waals surface area contributed by atoms with Gasteiger partial charge in [-0.05, 0) is 31.5 Å². The van der Waals surface area contributed by atoms with Crippen molar-refractivity contribution in [1.29, 1.82) is 0 Å². The number of furan rings is 1. The monoisotopic (exact) mass is 358 g/mol. The first-order valence-electron chi connectivity index (χ1n) is 8.03. The van der Waals surface area contributed by atoms with Crippen LogP contribution in [0.4, 0.5) is 0 Å². The molecule has 1 atom stereocenters. The second kappa shape index (κ2) is 7.48. The van der Waals surface area contributed by atoms with Crippen molar-refractivity contribution in [2.24, 2.45) is 4.99 Å². The Morgan fingerprint density at radius 3 is 2.76 bits per heavy atom. The van der Waals surface area contributed by atoms with Gasteiger partial charge in [-0.3, -0.25) is 4.79 Å². The van der Waals surface area contributed by atoms with Gasteiger partial charge in [-0.2, -0.15) is 4.99 Å². The Kier molecular flexibility index (Phi) is 5.14. The summed E-state index contributed by atoms with van der Waals surface area (Å²) >= 11 is 1.37. The SMILES string of the molecule is CCOC(=O)C(CC)n1c(=NC(=O)c2ccoc2)sc2ccccc21. The van der Waals surface area contributed by atoms with Gasteiger partial charge in [0.2, 0.25) is 0 Å². The molecule has 6 nitrogen and oxygen atoms in total. The molecule has 1 unspecified atom stereocenters. The van der Waals surface area contributed by atoms with Gasteiger partial charge in [-0.1, -0.05) is 30.4 Å². The van der Waals surface area contributed by atoms with E-state index in [9.17, 15) is 9.59 Å². The van der Waals surface area contributed by atoms with E-state index in [0.717, 1.165) is 10.2 Å². The van der Waals surface area contributed by atoms with Crippen LogP contribution in [0.1, 0.15) is 36.7 Å². The van der Waals surface area contributed by atoms with Gasteiger partial charge in [0, 0.05) is 0 Å². The van der Waals surface area contributed by atoms with Gasteiger partial charge in [0.1, 0.15) is 12.3 Å². The second-order valence-corrected chi connectivity index (χ2v) is 6.34. The number of amides is 1. The zero-order valence-electron chi connectivity index (χ0n) is 14.0. The fraction of sp³-hybridized carbons (Fsp3) is 0.278. The highest BCUT2D eigenvalue weighted by Gasteiger charge is 2.23. The predicted octanol–water partition coefficient (Wildman–Crippen LogP) is 3.55. The fourth-order valence-electron chi connectivity index (χ4n) is 2.60. The van der Waals surface area contributed by atoms with E-state index in [4.69, 9.17) is 9.15 Å². The molecular formula is C18H18N2O4S. The number of hydrogen-bond acceptors (Lipinski definition) is 5. The Bertz CT molecular complexity index is 953. The van der Waals surface area contributed by atoms with E-state index in [0.29, 0.717) is 23.4 Å². The molecule has 3 aromatic rings.